The van der Waals surface area contributed by atoms with E-state index in [-0.39, 0.29) is 17.9 Å². The average Bonchev–Trinajstić information content (AvgIpc) is 3.27. The molecule has 1 aromatic carbocycles. The summed E-state index contributed by atoms with van der Waals surface area (Å²) in [4.78, 5) is 13.0. The lowest BCUT2D eigenvalue weighted by Crippen LogP contribution is -2.26. The lowest BCUT2D eigenvalue weighted by atomic mass is 10.1. The summed E-state index contributed by atoms with van der Waals surface area (Å²) in [6.45, 7) is -0.353. The molecule has 3 rings (SSSR count). The van der Waals surface area contributed by atoms with Crippen LogP contribution in [0.25, 0.3) is 10.7 Å². The third kappa shape index (κ3) is 4.71. The Hall–Kier alpha value is -2.40. The van der Waals surface area contributed by atoms with Crippen molar-refractivity contribution in [3.63, 3.8) is 0 Å². The highest BCUT2D eigenvalue weighted by Gasteiger charge is 2.33. The van der Waals surface area contributed by atoms with Gasteiger partial charge in [0.25, 0.3) is 0 Å². The van der Waals surface area contributed by atoms with E-state index in [0.29, 0.717) is 17.0 Å². The Morgan fingerprint density at radius 3 is 2.75 bits per heavy atom. The minimum absolute atomic E-state index is 0.0427. The highest BCUT2D eigenvalue weighted by molar-refractivity contribution is 7.99. The molecule has 3 aromatic rings. The molecular weight excluding hydrogens is 416 g/mol. The van der Waals surface area contributed by atoms with Gasteiger partial charge in [0.05, 0.1) is 16.2 Å². The number of alkyl halides is 3. The molecule has 1 amide bonds. The van der Waals surface area contributed by atoms with Crippen molar-refractivity contribution in [1.82, 2.24) is 20.1 Å². The standard InChI is InChI=1S/C17H14F4N4OS2/c1-25-15(13-3-2-6-27-13)23-24-16(25)28-9-14(26)22-8-10-4-5-11(18)7-12(10)17(19,20)21/h2-7H,8-9H2,1H3,(H,22,26). The molecule has 0 radical (unpaired) electrons. The number of nitrogens with zero attached hydrogens (tertiary/aromatic N) is 3. The van der Waals surface area contributed by atoms with E-state index in [1.807, 2.05) is 17.5 Å². The molecule has 0 aliphatic carbocycles. The van der Waals surface area contributed by atoms with Gasteiger partial charge in [-0.2, -0.15) is 13.2 Å². The molecule has 0 saturated carbocycles. The SMILES string of the molecule is Cn1c(SCC(=O)NCc2ccc(F)cc2C(F)(F)F)nnc1-c1cccs1. The number of halogens is 4. The topological polar surface area (TPSA) is 59.8 Å². The van der Waals surface area contributed by atoms with Crippen molar-refractivity contribution in [1.29, 1.82) is 0 Å². The molecule has 0 atom stereocenters. The van der Waals surface area contributed by atoms with Crippen LogP contribution in [0.15, 0.2) is 40.9 Å². The van der Waals surface area contributed by atoms with Crippen molar-refractivity contribution in [2.24, 2.45) is 7.05 Å². The van der Waals surface area contributed by atoms with Gasteiger partial charge >= 0.3 is 6.18 Å². The molecule has 0 aliphatic heterocycles. The zero-order valence-electron chi connectivity index (χ0n) is 14.5. The van der Waals surface area contributed by atoms with E-state index >= 15 is 0 Å². The molecule has 0 saturated heterocycles. The summed E-state index contributed by atoms with van der Waals surface area (Å²) in [6, 6.07) is 6.15. The smallest absolute Gasteiger partial charge is 0.351 e. The van der Waals surface area contributed by atoms with E-state index in [4.69, 9.17) is 0 Å². The number of amides is 1. The summed E-state index contributed by atoms with van der Waals surface area (Å²) in [5, 5.41) is 13.0. The number of carbonyl (C=O) groups is 1. The number of hydrogen-bond acceptors (Lipinski definition) is 5. The van der Waals surface area contributed by atoms with Gasteiger partial charge in [-0.05, 0) is 29.1 Å². The van der Waals surface area contributed by atoms with Crippen LogP contribution in [0, 0.1) is 5.82 Å². The first-order valence-electron chi connectivity index (χ1n) is 7.94. The molecule has 28 heavy (non-hydrogen) atoms. The van der Waals surface area contributed by atoms with Crippen LogP contribution < -0.4 is 5.32 Å². The zero-order valence-corrected chi connectivity index (χ0v) is 16.1. The first kappa shape index (κ1) is 20.3. The lowest BCUT2D eigenvalue weighted by Gasteiger charge is -2.13. The highest BCUT2D eigenvalue weighted by Crippen LogP contribution is 2.32. The number of aromatic nitrogens is 3. The number of nitrogens with one attached hydrogen (secondary N) is 1. The normalized spacial score (nSPS) is 11.6. The van der Waals surface area contributed by atoms with Gasteiger partial charge in [0.1, 0.15) is 5.82 Å². The zero-order chi connectivity index (χ0) is 20.3. The van der Waals surface area contributed by atoms with Crippen LogP contribution in [0.3, 0.4) is 0 Å². The number of thiophene rings is 1. The summed E-state index contributed by atoms with van der Waals surface area (Å²) in [7, 11) is 1.77. The Kier molecular flexibility index (Phi) is 6.04. The monoisotopic (exact) mass is 430 g/mol. The Bertz CT molecular complexity index is 970. The van der Waals surface area contributed by atoms with Crippen LogP contribution in [0.1, 0.15) is 11.1 Å². The Morgan fingerprint density at radius 1 is 1.29 bits per heavy atom. The van der Waals surface area contributed by atoms with Gasteiger partial charge in [-0.3, -0.25) is 4.79 Å². The van der Waals surface area contributed by atoms with Crippen molar-refractivity contribution in [2.75, 3.05) is 5.75 Å². The first-order chi connectivity index (χ1) is 13.3. The van der Waals surface area contributed by atoms with Gasteiger partial charge < -0.3 is 9.88 Å². The molecule has 1 N–H and O–H groups in total. The van der Waals surface area contributed by atoms with E-state index < -0.39 is 23.5 Å². The van der Waals surface area contributed by atoms with Gasteiger partial charge in [0.2, 0.25) is 5.91 Å². The number of rotatable bonds is 6. The van der Waals surface area contributed by atoms with Gasteiger partial charge in [-0.1, -0.05) is 23.9 Å². The van der Waals surface area contributed by atoms with Crippen molar-refractivity contribution in [2.45, 2.75) is 17.9 Å². The van der Waals surface area contributed by atoms with Crippen molar-refractivity contribution in [3.8, 4) is 10.7 Å². The molecule has 2 aromatic heterocycles. The second-order valence-corrected chi connectivity index (χ2v) is 7.60. The van der Waals surface area contributed by atoms with Crippen molar-refractivity contribution in [3.05, 3.63) is 52.7 Å². The molecule has 0 aliphatic rings. The summed E-state index contributed by atoms with van der Waals surface area (Å²) < 4.78 is 53.8. The Balaban J connectivity index is 1.59. The van der Waals surface area contributed by atoms with Gasteiger partial charge in [0, 0.05) is 13.6 Å². The fourth-order valence-electron chi connectivity index (χ4n) is 2.40. The first-order valence-corrected chi connectivity index (χ1v) is 9.80. The van der Waals surface area contributed by atoms with Crippen LogP contribution in [0.4, 0.5) is 17.6 Å². The van der Waals surface area contributed by atoms with E-state index in [1.165, 1.54) is 11.3 Å². The molecular formula is C17H14F4N4OS2. The van der Waals surface area contributed by atoms with Crippen LogP contribution in [-0.4, -0.2) is 26.4 Å². The quantitative estimate of drug-likeness (QED) is 0.472. The molecule has 5 nitrogen and oxygen atoms in total. The maximum Gasteiger partial charge on any atom is 0.416 e. The van der Waals surface area contributed by atoms with Gasteiger partial charge in [0.15, 0.2) is 11.0 Å². The third-order valence-electron chi connectivity index (χ3n) is 3.76. The fraction of sp³-hybridized carbons (Fsp3) is 0.235. The van der Waals surface area contributed by atoms with Crippen molar-refractivity contribution < 1.29 is 22.4 Å². The number of thioether (sulfide) groups is 1. The van der Waals surface area contributed by atoms with Crippen LogP contribution in [0.2, 0.25) is 0 Å². The largest absolute Gasteiger partial charge is 0.416 e. The number of benzene rings is 1. The summed E-state index contributed by atoms with van der Waals surface area (Å²) in [5.41, 5.74) is -1.31. The number of carbonyl (C=O) groups excluding carboxylic acids is 1. The lowest BCUT2D eigenvalue weighted by molar-refractivity contribution is -0.138. The third-order valence-corrected chi connectivity index (χ3v) is 5.65. The van der Waals surface area contributed by atoms with Crippen molar-refractivity contribution >= 4 is 29.0 Å². The minimum atomic E-state index is -4.70. The van der Waals surface area contributed by atoms with Gasteiger partial charge in [-0.25, -0.2) is 4.39 Å². The summed E-state index contributed by atoms with van der Waals surface area (Å²) in [6.07, 6.45) is -4.70. The Morgan fingerprint density at radius 2 is 2.07 bits per heavy atom. The summed E-state index contributed by atoms with van der Waals surface area (Å²) >= 11 is 2.63. The minimum Gasteiger partial charge on any atom is -0.351 e. The van der Waals surface area contributed by atoms with E-state index in [2.05, 4.69) is 15.5 Å². The second-order valence-electron chi connectivity index (χ2n) is 5.71. The molecule has 0 unspecified atom stereocenters. The molecule has 0 spiro atoms. The molecule has 2 heterocycles. The number of hydrogen-bond donors (Lipinski definition) is 1. The molecule has 148 valence electrons. The molecule has 0 fully saturated rings. The van der Waals surface area contributed by atoms with Crippen LogP contribution in [0.5, 0.6) is 0 Å². The molecule has 11 heteroatoms. The van der Waals surface area contributed by atoms with Crippen LogP contribution >= 0.6 is 23.1 Å². The van der Waals surface area contributed by atoms with E-state index in [9.17, 15) is 22.4 Å². The van der Waals surface area contributed by atoms with Crippen LogP contribution in [-0.2, 0) is 24.6 Å². The maximum absolute atomic E-state index is 13.1. The summed E-state index contributed by atoms with van der Waals surface area (Å²) in [5.74, 6) is -0.831. The van der Waals surface area contributed by atoms with E-state index in [0.717, 1.165) is 28.8 Å². The van der Waals surface area contributed by atoms with E-state index in [1.54, 1.807) is 11.6 Å². The Labute approximate surface area is 165 Å². The predicted molar refractivity (Wildman–Crippen MR) is 98.3 cm³/mol. The fourth-order valence-corrected chi connectivity index (χ4v) is 3.89. The highest BCUT2D eigenvalue weighted by atomic mass is 32.2. The second kappa shape index (κ2) is 8.31. The maximum atomic E-state index is 13.1. The van der Waals surface area contributed by atoms with Gasteiger partial charge in [-0.15, -0.1) is 21.5 Å². The average molecular weight is 430 g/mol. The predicted octanol–water partition coefficient (Wildman–Crippen LogP) is 4.11. The molecule has 0 bridgehead atoms.